The highest BCUT2D eigenvalue weighted by Gasteiger charge is 2.56. The molecule has 0 spiro atoms. The third-order valence-corrected chi connectivity index (χ3v) is 6.09. The van der Waals surface area contributed by atoms with Gasteiger partial charge in [0.2, 0.25) is 5.91 Å². The Bertz CT molecular complexity index is 824. The first-order valence-corrected chi connectivity index (χ1v) is 9.48. The predicted octanol–water partition coefficient (Wildman–Crippen LogP) is 3.55. The van der Waals surface area contributed by atoms with Crippen LogP contribution in [0, 0.1) is 11.3 Å². The SMILES string of the molecule is O=C(Nc1ccccc1)C(c1ccccc1)N1C[C@@H]2CCC[C@@]2(C(=O)O)C1. The number of carboxylic acid groups (broad SMARTS) is 1. The van der Waals surface area contributed by atoms with Crippen LogP contribution in [0.3, 0.4) is 0 Å². The average molecular weight is 364 g/mol. The van der Waals surface area contributed by atoms with Gasteiger partial charge in [-0.1, -0.05) is 55.0 Å². The van der Waals surface area contributed by atoms with E-state index in [4.69, 9.17) is 0 Å². The first-order valence-electron chi connectivity index (χ1n) is 9.48. The molecule has 2 fully saturated rings. The van der Waals surface area contributed by atoms with Crippen molar-refractivity contribution in [2.75, 3.05) is 18.4 Å². The summed E-state index contributed by atoms with van der Waals surface area (Å²) in [4.78, 5) is 27.3. The fourth-order valence-electron chi connectivity index (χ4n) is 4.77. The predicted molar refractivity (Wildman–Crippen MR) is 103 cm³/mol. The number of anilines is 1. The number of hydrogen-bond donors (Lipinski definition) is 2. The van der Waals surface area contributed by atoms with E-state index in [9.17, 15) is 14.7 Å². The first kappa shape index (κ1) is 17.7. The summed E-state index contributed by atoms with van der Waals surface area (Å²) >= 11 is 0. The van der Waals surface area contributed by atoms with Crippen LogP contribution in [-0.2, 0) is 9.59 Å². The summed E-state index contributed by atoms with van der Waals surface area (Å²) < 4.78 is 0. The maximum Gasteiger partial charge on any atom is 0.311 e. The minimum absolute atomic E-state index is 0.116. The summed E-state index contributed by atoms with van der Waals surface area (Å²) in [5, 5.41) is 12.9. The second-order valence-corrected chi connectivity index (χ2v) is 7.65. The Morgan fingerprint density at radius 1 is 1.07 bits per heavy atom. The van der Waals surface area contributed by atoms with E-state index in [2.05, 4.69) is 10.2 Å². The van der Waals surface area contributed by atoms with Crippen LogP contribution >= 0.6 is 0 Å². The summed E-state index contributed by atoms with van der Waals surface area (Å²) in [6.07, 6.45) is 2.58. The third-order valence-electron chi connectivity index (χ3n) is 6.09. The van der Waals surface area contributed by atoms with Crippen molar-refractivity contribution in [1.29, 1.82) is 0 Å². The maximum absolute atomic E-state index is 13.2. The highest BCUT2D eigenvalue weighted by atomic mass is 16.4. The van der Waals surface area contributed by atoms with Gasteiger partial charge in [-0.2, -0.15) is 0 Å². The number of nitrogens with one attached hydrogen (secondary N) is 1. The molecule has 1 aliphatic heterocycles. The molecule has 0 aromatic heterocycles. The van der Waals surface area contributed by atoms with Crippen LogP contribution < -0.4 is 5.32 Å². The van der Waals surface area contributed by atoms with Crippen molar-refractivity contribution in [2.24, 2.45) is 11.3 Å². The molecule has 2 aliphatic rings. The molecule has 1 heterocycles. The summed E-state index contributed by atoms with van der Waals surface area (Å²) in [6, 6.07) is 18.5. The Hall–Kier alpha value is -2.66. The Morgan fingerprint density at radius 3 is 2.37 bits per heavy atom. The number of carbonyl (C=O) groups is 2. The molecule has 1 saturated heterocycles. The van der Waals surface area contributed by atoms with Crippen molar-refractivity contribution in [3.63, 3.8) is 0 Å². The van der Waals surface area contributed by atoms with E-state index in [-0.39, 0.29) is 11.8 Å². The zero-order valence-corrected chi connectivity index (χ0v) is 15.2. The number of benzene rings is 2. The smallest absolute Gasteiger partial charge is 0.311 e. The van der Waals surface area contributed by atoms with Crippen LogP contribution in [-0.4, -0.2) is 35.0 Å². The zero-order chi connectivity index (χ0) is 18.9. The van der Waals surface area contributed by atoms with Crippen molar-refractivity contribution in [3.8, 4) is 0 Å². The number of hydrogen-bond acceptors (Lipinski definition) is 3. The van der Waals surface area contributed by atoms with Crippen molar-refractivity contribution in [2.45, 2.75) is 25.3 Å². The molecule has 2 N–H and O–H groups in total. The molecule has 5 nitrogen and oxygen atoms in total. The molecule has 140 valence electrons. The van der Waals surface area contributed by atoms with Gasteiger partial charge in [-0.05, 0) is 36.5 Å². The zero-order valence-electron chi connectivity index (χ0n) is 15.2. The fourth-order valence-corrected chi connectivity index (χ4v) is 4.77. The lowest BCUT2D eigenvalue weighted by Gasteiger charge is -2.29. The van der Waals surface area contributed by atoms with Gasteiger partial charge in [-0.15, -0.1) is 0 Å². The van der Waals surface area contributed by atoms with Gasteiger partial charge < -0.3 is 10.4 Å². The lowest BCUT2D eigenvalue weighted by molar-refractivity contribution is -0.149. The molecule has 1 unspecified atom stereocenters. The van der Waals surface area contributed by atoms with Crippen molar-refractivity contribution < 1.29 is 14.7 Å². The fraction of sp³-hybridized carbons (Fsp3) is 0.364. The van der Waals surface area contributed by atoms with Crippen molar-refractivity contribution in [1.82, 2.24) is 4.90 Å². The molecule has 1 amide bonds. The number of likely N-dealkylation sites (tertiary alicyclic amines) is 1. The standard InChI is InChI=1S/C22H24N2O3/c25-20(23-18-11-5-2-6-12-18)19(16-8-3-1-4-9-16)24-14-17-10-7-13-22(17,15-24)21(26)27/h1-6,8-9,11-12,17,19H,7,10,13-15H2,(H,23,25)(H,26,27)/t17-,19?,22+/m0/s1. The molecular weight excluding hydrogens is 340 g/mol. The van der Waals surface area contributed by atoms with E-state index >= 15 is 0 Å². The quantitative estimate of drug-likeness (QED) is 0.851. The first-order chi connectivity index (χ1) is 13.1. The second kappa shape index (κ2) is 7.16. The monoisotopic (exact) mass is 364 g/mol. The number of nitrogens with zero attached hydrogens (tertiary/aromatic N) is 1. The van der Waals surface area contributed by atoms with Crippen molar-refractivity contribution >= 4 is 17.6 Å². The molecule has 3 atom stereocenters. The van der Waals surface area contributed by atoms with Gasteiger partial charge in [0.1, 0.15) is 6.04 Å². The van der Waals surface area contributed by atoms with Crippen molar-refractivity contribution in [3.05, 3.63) is 66.2 Å². The highest BCUT2D eigenvalue weighted by Crippen LogP contribution is 2.50. The highest BCUT2D eigenvalue weighted by molar-refractivity contribution is 5.95. The summed E-state index contributed by atoms with van der Waals surface area (Å²) in [5.41, 5.74) is 0.933. The minimum Gasteiger partial charge on any atom is -0.481 e. The normalized spacial score (nSPS) is 25.7. The Kier molecular flexibility index (Phi) is 4.70. The Morgan fingerprint density at radius 2 is 1.74 bits per heavy atom. The lowest BCUT2D eigenvalue weighted by Crippen LogP contribution is -2.39. The van der Waals surface area contributed by atoms with Gasteiger partial charge in [0, 0.05) is 18.8 Å². The molecule has 1 aliphatic carbocycles. The number of fused-ring (bicyclic) bond motifs is 1. The minimum atomic E-state index is -0.720. The summed E-state index contributed by atoms with van der Waals surface area (Å²) in [5.74, 6) is -0.721. The average Bonchev–Trinajstić information content (AvgIpc) is 3.22. The Labute approximate surface area is 159 Å². The number of aliphatic carboxylic acids is 1. The van der Waals surface area contributed by atoms with Gasteiger partial charge in [0.15, 0.2) is 0 Å². The number of rotatable bonds is 5. The van der Waals surface area contributed by atoms with Crippen LogP contribution in [0.25, 0.3) is 0 Å². The van der Waals surface area contributed by atoms with Crippen LogP contribution in [0.4, 0.5) is 5.69 Å². The maximum atomic E-state index is 13.2. The van der Waals surface area contributed by atoms with Crippen LogP contribution in [0.1, 0.15) is 30.9 Å². The van der Waals surface area contributed by atoms with Gasteiger partial charge in [0.05, 0.1) is 5.41 Å². The largest absolute Gasteiger partial charge is 0.481 e. The summed E-state index contributed by atoms with van der Waals surface area (Å²) in [6.45, 7) is 1.07. The van der Waals surface area contributed by atoms with Crippen LogP contribution in [0.5, 0.6) is 0 Å². The number of amides is 1. The van der Waals surface area contributed by atoms with E-state index in [0.29, 0.717) is 19.5 Å². The second-order valence-electron chi connectivity index (χ2n) is 7.65. The van der Waals surface area contributed by atoms with E-state index in [1.54, 1.807) is 0 Å². The molecule has 0 bridgehead atoms. The molecular formula is C22H24N2O3. The van der Waals surface area contributed by atoms with Crippen LogP contribution in [0.2, 0.25) is 0 Å². The van der Waals surface area contributed by atoms with Gasteiger partial charge in [-0.25, -0.2) is 0 Å². The Balaban J connectivity index is 1.63. The summed E-state index contributed by atoms with van der Waals surface area (Å²) in [7, 11) is 0. The van der Waals surface area contributed by atoms with E-state index in [0.717, 1.165) is 24.1 Å². The number of para-hydroxylation sites is 1. The molecule has 4 rings (SSSR count). The molecule has 27 heavy (non-hydrogen) atoms. The molecule has 2 aromatic carbocycles. The third kappa shape index (κ3) is 3.23. The molecule has 0 radical (unpaired) electrons. The van der Waals surface area contributed by atoms with Crippen LogP contribution in [0.15, 0.2) is 60.7 Å². The molecule has 1 saturated carbocycles. The van der Waals surface area contributed by atoms with E-state index < -0.39 is 17.4 Å². The molecule has 5 heteroatoms. The van der Waals surface area contributed by atoms with Gasteiger partial charge in [0.25, 0.3) is 0 Å². The molecule has 2 aromatic rings. The van der Waals surface area contributed by atoms with E-state index in [1.165, 1.54) is 0 Å². The van der Waals surface area contributed by atoms with Gasteiger partial charge in [-0.3, -0.25) is 14.5 Å². The van der Waals surface area contributed by atoms with Gasteiger partial charge >= 0.3 is 5.97 Å². The van der Waals surface area contributed by atoms with E-state index in [1.807, 2.05) is 60.7 Å². The number of carbonyl (C=O) groups excluding carboxylic acids is 1. The topological polar surface area (TPSA) is 69.6 Å². The number of carboxylic acids is 1. The lowest BCUT2D eigenvalue weighted by atomic mass is 9.81.